The zero-order valence-electron chi connectivity index (χ0n) is 11.0. The normalized spacial score (nSPS) is 10.4. The molecule has 2 N–H and O–H groups in total. The van der Waals surface area contributed by atoms with Crippen molar-refractivity contribution in [3.63, 3.8) is 0 Å². The highest BCUT2D eigenvalue weighted by molar-refractivity contribution is 5.55. The lowest BCUT2D eigenvalue weighted by atomic mass is 10.1. The van der Waals surface area contributed by atoms with Gasteiger partial charge >= 0.3 is 0 Å². The predicted octanol–water partition coefficient (Wildman–Crippen LogP) is 2.31. The molecule has 2 aromatic rings. The molecule has 0 bridgehead atoms. The molecule has 0 unspecified atom stereocenters. The summed E-state index contributed by atoms with van der Waals surface area (Å²) >= 11 is 0. The van der Waals surface area contributed by atoms with E-state index in [-0.39, 0.29) is 0 Å². The molecule has 4 heteroatoms. The van der Waals surface area contributed by atoms with E-state index in [9.17, 15) is 0 Å². The zero-order valence-corrected chi connectivity index (χ0v) is 11.0. The summed E-state index contributed by atoms with van der Waals surface area (Å²) in [5, 5.41) is 0. The number of hydrogen-bond donors (Lipinski definition) is 1. The van der Waals surface area contributed by atoms with Crippen LogP contribution in [0.25, 0.3) is 0 Å². The van der Waals surface area contributed by atoms with Crippen LogP contribution in [0.15, 0.2) is 30.6 Å². The standard InChI is InChI=1S/C14H18N4/c1-10-4-6-12(7-5-10)8-18(3)14-11(2)13(15)16-9-17-14/h4-7,9H,8H2,1-3H3,(H2,15,16,17). The molecule has 0 atom stereocenters. The molecule has 1 aromatic carbocycles. The molecular weight excluding hydrogens is 224 g/mol. The van der Waals surface area contributed by atoms with Crippen molar-refractivity contribution >= 4 is 11.6 Å². The number of anilines is 2. The Morgan fingerprint density at radius 3 is 2.44 bits per heavy atom. The highest BCUT2D eigenvalue weighted by atomic mass is 15.2. The first-order valence-corrected chi connectivity index (χ1v) is 5.91. The molecule has 0 radical (unpaired) electrons. The van der Waals surface area contributed by atoms with Gasteiger partial charge in [-0.3, -0.25) is 0 Å². The number of nitrogen functional groups attached to an aromatic ring is 1. The largest absolute Gasteiger partial charge is 0.383 e. The maximum atomic E-state index is 5.79. The second kappa shape index (κ2) is 5.04. The van der Waals surface area contributed by atoms with Crippen LogP contribution in [0.1, 0.15) is 16.7 Å². The van der Waals surface area contributed by atoms with E-state index < -0.39 is 0 Å². The Hall–Kier alpha value is -2.10. The van der Waals surface area contributed by atoms with Crippen LogP contribution in [0.3, 0.4) is 0 Å². The quantitative estimate of drug-likeness (QED) is 0.897. The number of aryl methyl sites for hydroxylation is 1. The van der Waals surface area contributed by atoms with Gasteiger partial charge in [0, 0.05) is 19.2 Å². The Morgan fingerprint density at radius 2 is 1.78 bits per heavy atom. The van der Waals surface area contributed by atoms with E-state index in [1.54, 1.807) is 0 Å². The van der Waals surface area contributed by atoms with Gasteiger partial charge in [-0.05, 0) is 19.4 Å². The van der Waals surface area contributed by atoms with Crippen LogP contribution in [0.2, 0.25) is 0 Å². The summed E-state index contributed by atoms with van der Waals surface area (Å²) in [4.78, 5) is 10.3. The molecule has 0 aliphatic carbocycles. The Kier molecular flexibility index (Phi) is 3.46. The third-order valence-electron chi connectivity index (χ3n) is 3.00. The molecule has 0 saturated carbocycles. The molecule has 0 fully saturated rings. The summed E-state index contributed by atoms with van der Waals surface area (Å²) < 4.78 is 0. The number of nitrogens with two attached hydrogens (primary N) is 1. The first-order chi connectivity index (χ1) is 8.58. The van der Waals surface area contributed by atoms with Crippen molar-refractivity contribution < 1.29 is 0 Å². The summed E-state index contributed by atoms with van der Waals surface area (Å²) in [6, 6.07) is 8.49. The van der Waals surface area contributed by atoms with Crippen LogP contribution < -0.4 is 10.6 Å². The van der Waals surface area contributed by atoms with E-state index in [2.05, 4.69) is 46.1 Å². The Morgan fingerprint density at radius 1 is 1.11 bits per heavy atom. The smallest absolute Gasteiger partial charge is 0.137 e. The number of aromatic nitrogens is 2. The molecule has 2 rings (SSSR count). The third-order valence-corrected chi connectivity index (χ3v) is 3.00. The van der Waals surface area contributed by atoms with E-state index in [1.165, 1.54) is 17.5 Å². The minimum atomic E-state index is 0.538. The van der Waals surface area contributed by atoms with Gasteiger partial charge in [-0.1, -0.05) is 29.8 Å². The summed E-state index contributed by atoms with van der Waals surface area (Å²) in [5.41, 5.74) is 9.23. The Labute approximate surface area is 107 Å². The summed E-state index contributed by atoms with van der Waals surface area (Å²) in [5.74, 6) is 1.42. The lowest BCUT2D eigenvalue weighted by molar-refractivity contribution is 0.883. The van der Waals surface area contributed by atoms with Crippen LogP contribution in [0.4, 0.5) is 11.6 Å². The molecular formula is C14H18N4. The van der Waals surface area contributed by atoms with E-state index >= 15 is 0 Å². The molecule has 4 nitrogen and oxygen atoms in total. The van der Waals surface area contributed by atoms with Crippen LogP contribution in [-0.2, 0) is 6.54 Å². The van der Waals surface area contributed by atoms with Gasteiger partial charge in [0.2, 0.25) is 0 Å². The number of benzene rings is 1. The van der Waals surface area contributed by atoms with Gasteiger partial charge in [0.1, 0.15) is 18.0 Å². The average Bonchev–Trinajstić information content (AvgIpc) is 2.35. The second-order valence-corrected chi connectivity index (χ2v) is 4.55. The van der Waals surface area contributed by atoms with E-state index in [1.807, 2.05) is 14.0 Å². The molecule has 0 spiro atoms. The van der Waals surface area contributed by atoms with Crippen LogP contribution in [0.5, 0.6) is 0 Å². The minimum Gasteiger partial charge on any atom is -0.383 e. The molecule has 0 amide bonds. The van der Waals surface area contributed by atoms with Crippen LogP contribution >= 0.6 is 0 Å². The average molecular weight is 242 g/mol. The SMILES string of the molecule is Cc1ccc(CN(C)c2ncnc(N)c2C)cc1. The molecule has 18 heavy (non-hydrogen) atoms. The lowest BCUT2D eigenvalue weighted by Gasteiger charge is -2.20. The fourth-order valence-corrected chi connectivity index (χ4v) is 1.88. The molecule has 0 saturated heterocycles. The van der Waals surface area contributed by atoms with Crippen molar-refractivity contribution in [1.82, 2.24) is 9.97 Å². The molecule has 0 aliphatic heterocycles. The molecule has 0 aliphatic rings. The number of hydrogen-bond acceptors (Lipinski definition) is 4. The van der Waals surface area contributed by atoms with Crippen LogP contribution in [0, 0.1) is 13.8 Å². The highest BCUT2D eigenvalue weighted by Gasteiger charge is 2.09. The topological polar surface area (TPSA) is 55.0 Å². The number of nitrogens with zero attached hydrogens (tertiary/aromatic N) is 3. The lowest BCUT2D eigenvalue weighted by Crippen LogP contribution is -2.19. The van der Waals surface area contributed by atoms with Crippen molar-refractivity contribution in [3.05, 3.63) is 47.3 Å². The van der Waals surface area contributed by atoms with Gasteiger partial charge < -0.3 is 10.6 Å². The Balaban J connectivity index is 2.19. The third kappa shape index (κ3) is 2.59. The fraction of sp³-hybridized carbons (Fsp3) is 0.286. The van der Waals surface area contributed by atoms with Crippen molar-refractivity contribution in [2.45, 2.75) is 20.4 Å². The fourth-order valence-electron chi connectivity index (χ4n) is 1.88. The zero-order chi connectivity index (χ0) is 13.1. The van der Waals surface area contributed by atoms with E-state index in [0.717, 1.165) is 17.9 Å². The van der Waals surface area contributed by atoms with Gasteiger partial charge in [-0.2, -0.15) is 0 Å². The van der Waals surface area contributed by atoms with E-state index in [4.69, 9.17) is 5.73 Å². The maximum Gasteiger partial charge on any atom is 0.137 e. The minimum absolute atomic E-state index is 0.538. The monoisotopic (exact) mass is 242 g/mol. The summed E-state index contributed by atoms with van der Waals surface area (Å²) in [7, 11) is 2.01. The highest BCUT2D eigenvalue weighted by Crippen LogP contribution is 2.20. The van der Waals surface area contributed by atoms with Crippen molar-refractivity contribution in [1.29, 1.82) is 0 Å². The Bertz CT molecular complexity index is 534. The maximum absolute atomic E-state index is 5.79. The summed E-state index contributed by atoms with van der Waals surface area (Å²) in [6.45, 7) is 4.83. The second-order valence-electron chi connectivity index (χ2n) is 4.55. The number of rotatable bonds is 3. The molecule has 94 valence electrons. The van der Waals surface area contributed by atoms with Gasteiger partial charge in [0.15, 0.2) is 0 Å². The molecule has 1 aromatic heterocycles. The first kappa shape index (κ1) is 12.4. The molecule has 1 heterocycles. The van der Waals surface area contributed by atoms with E-state index in [0.29, 0.717) is 5.82 Å². The van der Waals surface area contributed by atoms with Crippen molar-refractivity contribution in [2.75, 3.05) is 17.7 Å². The van der Waals surface area contributed by atoms with Gasteiger partial charge in [-0.25, -0.2) is 9.97 Å². The van der Waals surface area contributed by atoms with Gasteiger partial charge in [0.25, 0.3) is 0 Å². The summed E-state index contributed by atoms with van der Waals surface area (Å²) in [6.07, 6.45) is 1.50. The van der Waals surface area contributed by atoms with Crippen molar-refractivity contribution in [3.8, 4) is 0 Å². The van der Waals surface area contributed by atoms with Gasteiger partial charge in [-0.15, -0.1) is 0 Å². The predicted molar refractivity (Wildman–Crippen MR) is 74.5 cm³/mol. The van der Waals surface area contributed by atoms with Crippen molar-refractivity contribution in [2.24, 2.45) is 0 Å². The first-order valence-electron chi connectivity index (χ1n) is 5.91. The van der Waals surface area contributed by atoms with Gasteiger partial charge in [0.05, 0.1) is 0 Å². The van der Waals surface area contributed by atoms with Crippen LogP contribution in [-0.4, -0.2) is 17.0 Å².